The average Bonchev–Trinajstić information content (AvgIpc) is 2.72. The number of aromatic nitrogens is 1. The molecule has 18 heavy (non-hydrogen) atoms. The first kappa shape index (κ1) is 11.9. The van der Waals surface area contributed by atoms with Crippen LogP contribution in [0.2, 0.25) is 0 Å². The number of amides is 1. The maximum atomic E-state index is 11.3. The number of rotatable bonds is 2. The number of fused-ring (bicyclic) bond motifs is 1. The van der Waals surface area contributed by atoms with Gasteiger partial charge in [-0.3, -0.25) is 14.7 Å². The normalized spacial score (nSPS) is 10.6. The third-order valence-electron chi connectivity index (χ3n) is 2.72. The van der Waals surface area contributed by atoms with Crippen LogP contribution < -0.4 is 10.5 Å². The zero-order valence-electron chi connectivity index (χ0n) is 9.84. The Labute approximate surface area is 102 Å². The molecular formula is C11H11N3O4. The number of hydrogen-bond acceptors (Lipinski definition) is 4. The minimum absolute atomic E-state index is 0.148. The van der Waals surface area contributed by atoms with Gasteiger partial charge in [-0.2, -0.15) is 0 Å². The van der Waals surface area contributed by atoms with Crippen molar-refractivity contribution in [1.29, 1.82) is 0 Å². The fourth-order valence-electron chi connectivity index (χ4n) is 2.02. The van der Waals surface area contributed by atoms with Gasteiger partial charge in [0.15, 0.2) is 0 Å². The molecular weight excluding hydrogens is 238 g/mol. The van der Waals surface area contributed by atoms with E-state index in [1.54, 1.807) is 13.0 Å². The summed E-state index contributed by atoms with van der Waals surface area (Å²) in [6.07, 6.45) is 1.39. The number of nitrogens with zero attached hydrogens (tertiary/aromatic N) is 2. The molecule has 0 saturated carbocycles. The largest absolute Gasteiger partial charge is 0.496 e. The molecule has 1 amide bonds. The number of carbonyl (C=O) groups is 1. The van der Waals surface area contributed by atoms with Gasteiger partial charge < -0.3 is 10.5 Å². The fourth-order valence-corrected chi connectivity index (χ4v) is 2.02. The maximum absolute atomic E-state index is 11.3. The van der Waals surface area contributed by atoms with Crippen LogP contribution in [0.4, 0.5) is 10.5 Å². The van der Waals surface area contributed by atoms with Crippen LogP contribution >= 0.6 is 0 Å². The van der Waals surface area contributed by atoms with Gasteiger partial charge in [0.25, 0.3) is 5.69 Å². The van der Waals surface area contributed by atoms with Crippen LogP contribution in [-0.4, -0.2) is 22.6 Å². The summed E-state index contributed by atoms with van der Waals surface area (Å²) in [7, 11) is 1.47. The van der Waals surface area contributed by atoms with Gasteiger partial charge in [-0.1, -0.05) is 0 Å². The Morgan fingerprint density at radius 2 is 2.22 bits per heavy atom. The Kier molecular flexibility index (Phi) is 2.66. The van der Waals surface area contributed by atoms with Gasteiger partial charge in [-0.25, -0.2) is 4.79 Å². The molecule has 0 fully saturated rings. The number of primary amides is 1. The van der Waals surface area contributed by atoms with E-state index in [0.29, 0.717) is 16.7 Å². The minimum atomic E-state index is -0.779. The SMILES string of the molecule is COc1c(C)cc([N+](=O)[O-])c2c1ccn2C(N)=O. The van der Waals surface area contributed by atoms with Crippen LogP contribution in [0.5, 0.6) is 5.75 Å². The Balaban J connectivity index is 2.96. The number of benzene rings is 1. The summed E-state index contributed by atoms with van der Waals surface area (Å²) in [5.41, 5.74) is 5.78. The fraction of sp³-hybridized carbons (Fsp3) is 0.182. The molecule has 1 heterocycles. The number of nitro groups is 1. The van der Waals surface area contributed by atoms with E-state index in [1.165, 1.54) is 19.4 Å². The third kappa shape index (κ3) is 1.56. The Hall–Kier alpha value is -2.57. The zero-order chi connectivity index (χ0) is 13.4. The monoisotopic (exact) mass is 249 g/mol. The molecule has 0 aliphatic rings. The van der Waals surface area contributed by atoms with Gasteiger partial charge in [-0.15, -0.1) is 0 Å². The van der Waals surface area contributed by atoms with Gasteiger partial charge in [-0.05, 0) is 18.6 Å². The average molecular weight is 249 g/mol. The van der Waals surface area contributed by atoms with Gasteiger partial charge in [0, 0.05) is 17.6 Å². The van der Waals surface area contributed by atoms with Crippen molar-refractivity contribution in [2.45, 2.75) is 6.92 Å². The first-order valence-corrected chi connectivity index (χ1v) is 5.10. The molecule has 2 N–H and O–H groups in total. The molecule has 0 radical (unpaired) electrons. The quantitative estimate of drug-likeness (QED) is 0.647. The summed E-state index contributed by atoms with van der Waals surface area (Å²) >= 11 is 0. The van der Waals surface area contributed by atoms with Crippen LogP contribution in [0.1, 0.15) is 5.56 Å². The topological polar surface area (TPSA) is 100 Å². The summed E-state index contributed by atoms with van der Waals surface area (Å²) in [6, 6.07) is 2.15. The van der Waals surface area contributed by atoms with Crippen molar-refractivity contribution in [2.75, 3.05) is 7.11 Å². The summed E-state index contributed by atoms with van der Waals surface area (Å²) in [5, 5.41) is 11.5. The van der Waals surface area contributed by atoms with Crippen molar-refractivity contribution in [3.05, 3.63) is 34.0 Å². The molecule has 7 nitrogen and oxygen atoms in total. The van der Waals surface area contributed by atoms with Crippen LogP contribution in [-0.2, 0) is 0 Å². The molecule has 0 bridgehead atoms. The second-order valence-corrected chi connectivity index (χ2v) is 3.79. The van der Waals surface area contributed by atoms with Crippen LogP contribution in [0.25, 0.3) is 10.9 Å². The van der Waals surface area contributed by atoms with Crippen LogP contribution in [0.15, 0.2) is 18.3 Å². The number of hydrogen-bond donors (Lipinski definition) is 1. The number of non-ortho nitro benzene ring substituents is 1. The molecule has 94 valence electrons. The van der Waals surface area contributed by atoms with E-state index < -0.39 is 11.0 Å². The molecule has 0 unspecified atom stereocenters. The number of carbonyl (C=O) groups excluding carboxylic acids is 1. The van der Waals surface area contributed by atoms with Crippen LogP contribution in [0, 0.1) is 17.0 Å². The number of methoxy groups -OCH3 is 1. The highest BCUT2D eigenvalue weighted by molar-refractivity contribution is 6.00. The number of nitrogens with two attached hydrogens (primary N) is 1. The minimum Gasteiger partial charge on any atom is -0.496 e. The van der Waals surface area contributed by atoms with Crippen molar-refractivity contribution < 1.29 is 14.5 Å². The van der Waals surface area contributed by atoms with E-state index in [-0.39, 0.29) is 11.2 Å². The smallest absolute Gasteiger partial charge is 0.323 e. The molecule has 0 aliphatic carbocycles. The molecule has 7 heteroatoms. The molecule has 2 rings (SSSR count). The van der Waals surface area contributed by atoms with Crippen molar-refractivity contribution in [3.8, 4) is 5.75 Å². The van der Waals surface area contributed by atoms with Crippen molar-refractivity contribution in [1.82, 2.24) is 4.57 Å². The molecule has 0 saturated heterocycles. The van der Waals surface area contributed by atoms with Gasteiger partial charge in [0.05, 0.1) is 12.0 Å². The predicted octanol–water partition coefficient (Wildman–Crippen LogP) is 1.79. The van der Waals surface area contributed by atoms with Crippen molar-refractivity contribution >= 4 is 22.6 Å². The molecule has 2 aromatic rings. The van der Waals surface area contributed by atoms with Crippen molar-refractivity contribution in [2.24, 2.45) is 5.73 Å². The predicted molar refractivity (Wildman–Crippen MR) is 64.9 cm³/mol. The zero-order valence-corrected chi connectivity index (χ0v) is 9.84. The lowest BCUT2D eigenvalue weighted by Gasteiger charge is -2.08. The van der Waals surface area contributed by atoms with E-state index in [0.717, 1.165) is 4.57 Å². The Morgan fingerprint density at radius 3 is 2.72 bits per heavy atom. The van der Waals surface area contributed by atoms with Crippen molar-refractivity contribution in [3.63, 3.8) is 0 Å². The summed E-state index contributed by atoms with van der Waals surface area (Å²) in [5.74, 6) is 0.496. The van der Waals surface area contributed by atoms with E-state index in [9.17, 15) is 14.9 Å². The highest BCUT2D eigenvalue weighted by Gasteiger charge is 2.22. The molecule has 0 aliphatic heterocycles. The molecule has 1 aromatic carbocycles. The van der Waals surface area contributed by atoms with E-state index in [1.807, 2.05) is 0 Å². The van der Waals surface area contributed by atoms with E-state index in [2.05, 4.69) is 0 Å². The van der Waals surface area contributed by atoms with Gasteiger partial charge in [0.2, 0.25) is 0 Å². The highest BCUT2D eigenvalue weighted by atomic mass is 16.6. The standard InChI is InChI=1S/C11H11N3O4/c1-6-5-8(14(16)17)9-7(10(6)18-2)3-4-13(9)11(12)15/h3-5H,1-2H3,(H2,12,15). The van der Waals surface area contributed by atoms with E-state index >= 15 is 0 Å². The second kappa shape index (κ2) is 4.02. The maximum Gasteiger partial charge on any atom is 0.323 e. The molecule has 0 spiro atoms. The third-order valence-corrected chi connectivity index (χ3v) is 2.72. The highest BCUT2D eigenvalue weighted by Crippen LogP contribution is 2.36. The van der Waals surface area contributed by atoms with Gasteiger partial charge >= 0.3 is 6.03 Å². The molecule has 0 atom stereocenters. The Morgan fingerprint density at radius 1 is 1.56 bits per heavy atom. The lowest BCUT2D eigenvalue weighted by atomic mass is 10.1. The Bertz CT molecular complexity index is 660. The summed E-state index contributed by atoms with van der Waals surface area (Å²) in [4.78, 5) is 21.7. The lowest BCUT2D eigenvalue weighted by Crippen LogP contribution is -2.18. The second-order valence-electron chi connectivity index (χ2n) is 3.79. The summed E-state index contributed by atoms with van der Waals surface area (Å²) in [6.45, 7) is 1.70. The first-order valence-electron chi connectivity index (χ1n) is 5.10. The first-order chi connectivity index (χ1) is 8.47. The number of nitro benzene ring substituents is 1. The number of aryl methyl sites for hydroxylation is 1. The van der Waals surface area contributed by atoms with Crippen LogP contribution in [0.3, 0.4) is 0 Å². The summed E-state index contributed by atoms with van der Waals surface area (Å²) < 4.78 is 6.24. The van der Waals surface area contributed by atoms with Gasteiger partial charge in [0.1, 0.15) is 11.3 Å². The lowest BCUT2D eigenvalue weighted by molar-refractivity contribution is -0.383. The van der Waals surface area contributed by atoms with E-state index in [4.69, 9.17) is 10.5 Å². The molecule has 1 aromatic heterocycles. The number of ether oxygens (including phenoxy) is 1.